The van der Waals surface area contributed by atoms with Crippen LogP contribution >= 0.6 is 0 Å². The molecule has 0 spiro atoms. The number of methoxy groups -OCH3 is 1. The summed E-state index contributed by atoms with van der Waals surface area (Å²) in [7, 11) is 1.31. The summed E-state index contributed by atoms with van der Waals surface area (Å²) in [5.74, 6) is 0.0733. The number of nitrogens with zero attached hydrogens (tertiary/aromatic N) is 1. The Morgan fingerprint density at radius 3 is 2.40 bits per heavy atom. The molecule has 0 saturated carbocycles. The Labute approximate surface area is 148 Å². The molecule has 7 nitrogen and oxygen atoms in total. The zero-order valence-electron chi connectivity index (χ0n) is 15.1. The van der Waals surface area contributed by atoms with Crippen LogP contribution in [0.2, 0.25) is 0 Å². The number of hydrogen-bond acceptors (Lipinski definition) is 6. The maximum atomic E-state index is 12.4. The fourth-order valence-corrected chi connectivity index (χ4v) is 2.28. The van der Waals surface area contributed by atoms with E-state index in [1.165, 1.54) is 12.0 Å². The molecule has 1 N–H and O–H groups in total. The molecule has 0 unspecified atom stereocenters. The lowest BCUT2D eigenvalue weighted by molar-refractivity contribution is -0.142. The van der Waals surface area contributed by atoms with Gasteiger partial charge in [0.1, 0.15) is 5.75 Å². The molecule has 7 heteroatoms. The van der Waals surface area contributed by atoms with Crippen LogP contribution in [0.15, 0.2) is 18.2 Å². The largest absolute Gasteiger partial charge is 0.483 e. The molecule has 0 atom stereocenters. The smallest absolute Gasteiger partial charge is 0.307 e. The third-order valence-corrected chi connectivity index (χ3v) is 3.66. The molecule has 1 amide bonds. The molecular formula is C18H27NO6. The average Bonchev–Trinajstić information content (AvgIpc) is 2.60. The van der Waals surface area contributed by atoms with Gasteiger partial charge in [-0.25, -0.2) is 0 Å². The Bertz CT molecular complexity index is 540. The van der Waals surface area contributed by atoms with Crippen LogP contribution in [0.4, 0.5) is 0 Å². The van der Waals surface area contributed by atoms with Gasteiger partial charge in [-0.05, 0) is 25.0 Å². The summed E-state index contributed by atoms with van der Waals surface area (Å²) < 4.78 is 15.5. The van der Waals surface area contributed by atoms with Crippen molar-refractivity contribution in [1.82, 2.24) is 4.90 Å². The maximum absolute atomic E-state index is 12.4. The zero-order valence-corrected chi connectivity index (χ0v) is 15.1. The van der Waals surface area contributed by atoms with E-state index >= 15 is 0 Å². The van der Waals surface area contributed by atoms with Gasteiger partial charge < -0.3 is 24.2 Å². The molecule has 0 aliphatic rings. The van der Waals surface area contributed by atoms with Gasteiger partial charge in [-0.1, -0.05) is 18.2 Å². The van der Waals surface area contributed by atoms with E-state index in [1.807, 2.05) is 32.0 Å². The normalized spacial score (nSPS) is 10.4. The summed E-state index contributed by atoms with van der Waals surface area (Å²) >= 11 is 0. The van der Waals surface area contributed by atoms with Crippen molar-refractivity contribution in [2.45, 2.75) is 20.3 Å². The number of para-hydroxylation sites is 1. The first-order valence-corrected chi connectivity index (χ1v) is 8.21. The first-order valence-electron chi connectivity index (χ1n) is 8.21. The van der Waals surface area contributed by atoms with Crippen molar-refractivity contribution >= 4 is 11.9 Å². The number of amides is 1. The Kier molecular flexibility index (Phi) is 9.57. The van der Waals surface area contributed by atoms with Crippen LogP contribution in [0.25, 0.3) is 0 Å². The van der Waals surface area contributed by atoms with Gasteiger partial charge in [0.2, 0.25) is 0 Å². The molecular weight excluding hydrogens is 326 g/mol. The van der Waals surface area contributed by atoms with Crippen molar-refractivity contribution in [3.8, 4) is 5.75 Å². The van der Waals surface area contributed by atoms with Crippen molar-refractivity contribution in [3.05, 3.63) is 29.3 Å². The molecule has 1 aromatic carbocycles. The highest BCUT2D eigenvalue weighted by atomic mass is 16.5. The number of hydrogen-bond donors (Lipinski definition) is 1. The number of ether oxygens (including phenoxy) is 3. The Balaban J connectivity index is 2.61. The highest BCUT2D eigenvalue weighted by Crippen LogP contribution is 2.22. The minimum atomic E-state index is -0.384. The van der Waals surface area contributed by atoms with Gasteiger partial charge in [-0.3, -0.25) is 9.59 Å². The SMILES string of the molecule is COC(=O)CCN(CCOCCO)C(=O)COc1c(C)cccc1C. The van der Waals surface area contributed by atoms with Gasteiger partial charge in [0.25, 0.3) is 5.91 Å². The Hall–Kier alpha value is -2.12. The highest BCUT2D eigenvalue weighted by molar-refractivity contribution is 5.78. The number of carbonyl (C=O) groups is 2. The van der Waals surface area contributed by atoms with Crippen molar-refractivity contribution in [3.63, 3.8) is 0 Å². The fraction of sp³-hybridized carbons (Fsp3) is 0.556. The Morgan fingerprint density at radius 2 is 1.80 bits per heavy atom. The number of carbonyl (C=O) groups excluding carboxylic acids is 2. The predicted octanol–water partition coefficient (Wildman–Crippen LogP) is 1.08. The second kappa shape index (κ2) is 11.4. The molecule has 1 rings (SSSR count). The van der Waals surface area contributed by atoms with Crippen LogP contribution in [0, 0.1) is 13.8 Å². The second-order valence-corrected chi connectivity index (χ2v) is 5.55. The van der Waals surface area contributed by atoms with Crippen LogP contribution in [-0.4, -0.2) is 68.5 Å². The van der Waals surface area contributed by atoms with Crippen molar-refractivity contribution in [2.24, 2.45) is 0 Å². The quantitative estimate of drug-likeness (QED) is 0.473. The molecule has 0 radical (unpaired) electrons. The third-order valence-electron chi connectivity index (χ3n) is 3.66. The monoisotopic (exact) mass is 353 g/mol. The first-order chi connectivity index (χ1) is 12.0. The number of aliphatic hydroxyl groups excluding tert-OH is 1. The fourth-order valence-electron chi connectivity index (χ4n) is 2.28. The van der Waals surface area contributed by atoms with Gasteiger partial charge in [0, 0.05) is 13.1 Å². The van der Waals surface area contributed by atoms with Crippen LogP contribution in [-0.2, 0) is 19.1 Å². The Morgan fingerprint density at radius 1 is 1.12 bits per heavy atom. The van der Waals surface area contributed by atoms with E-state index in [4.69, 9.17) is 14.6 Å². The standard InChI is InChI=1S/C18H27NO6/c1-14-5-4-6-15(2)18(14)25-13-16(21)19(8-7-17(22)23-3)9-11-24-12-10-20/h4-6,20H,7-13H2,1-3H3. The molecule has 0 heterocycles. The third kappa shape index (κ3) is 7.53. The van der Waals surface area contributed by atoms with Crippen LogP contribution < -0.4 is 4.74 Å². The van der Waals surface area contributed by atoms with Crippen molar-refractivity contribution < 1.29 is 28.9 Å². The molecule has 0 aliphatic carbocycles. The first kappa shape index (κ1) is 20.9. The number of rotatable bonds is 11. The van der Waals surface area contributed by atoms with E-state index < -0.39 is 0 Å². The van der Waals surface area contributed by atoms with E-state index in [0.29, 0.717) is 12.3 Å². The number of benzene rings is 1. The summed E-state index contributed by atoms with van der Waals surface area (Å²) in [5.41, 5.74) is 1.92. The van der Waals surface area contributed by atoms with E-state index in [0.717, 1.165) is 11.1 Å². The van der Waals surface area contributed by atoms with Crippen molar-refractivity contribution in [2.75, 3.05) is 46.6 Å². The molecule has 140 valence electrons. The number of aryl methyl sites for hydroxylation is 2. The summed E-state index contributed by atoms with van der Waals surface area (Å²) in [6.07, 6.45) is 0.103. The lowest BCUT2D eigenvalue weighted by atomic mass is 10.1. The van der Waals surface area contributed by atoms with E-state index in [-0.39, 0.29) is 51.3 Å². The molecule has 0 aromatic heterocycles. The summed E-state index contributed by atoms with van der Waals surface area (Å²) in [4.78, 5) is 25.3. The minimum absolute atomic E-state index is 0.0776. The summed E-state index contributed by atoms with van der Waals surface area (Å²) in [5, 5.41) is 8.72. The highest BCUT2D eigenvalue weighted by Gasteiger charge is 2.17. The van der Waals surface area contributed by atoms with Gasteiger partial charge in [0.15, 0.2) is 6.61 Å². The molecule has 1 aromatic rings. The van der Waals surface area contributed by atoms with Crippen molar-refractivity contribution in [1.29, 1.82) is 0 Å². The number of esters is 1. The molecule has 0 saturated heterocycles. The van der Waals surface area contributed by atoms with E-state index in [2.05, 4.69) is 4.74 Å². The van der Waals surface area contributed by atoms with Crippen LogP contribution in [0.5, 0.6) is 5.75 Å². The van der Waals surface area contributed by atoms with Gasteiger partial charge in [0.05, 0.1) is 33.4 Å². The second-order valence-electron chi connectivity index (χ2n) is 5.55. The minimum Gasteiger partial charge on any atom is -0.483 e. The predicted molar refractivity (Wildman–Crippen MR) is 92.5 cm³/mol. The van der Waals surface area contributed by atoms with Gasteiger partial charge >= 0.3 is 5.97 Å². The molecule has 0 bridgehead atoms. The van der Waals surface area contributed by atoms with Crippen LogP contribution in [0.1, 0.15) is 17.5 Å². The summed E-state index contributed by atoms with van der Waals surface area (Å²) in [6.45, 7) is 4.67. The topological polar surface area (TPSA) is 85.3 Å². The summed E-state index contributed by atoms with van der Waals surface area (Å²) in [6, 6.07) is 5.77. The zero-order chi connectivity index (χ0) is 18.7. The van der Waals surface area contributed by atoms with Gasteiger partial charge in [-0.2, -0.15) is 0 Å². The lowest BCUT2D eigenvalue weighted by Gasteiger charge is -2.23. The van der Waals surface area contributed by atoms with E-state index in [9.17, 15) is 9.59 Å². The lowest BCUT2D eigenvalue weighted by Crippen LogP contribution is -2.39. The molecule has 0 aliphatic heterocycles. The van der Waals surface area contributed by atoms with E-state index in [1.54, 1.807) is 0 Å². The average molecular weight is 353 g/mol. The number of aliphatic hydroxyl groups is 1. The maximum Gasteiger partial charge on any atom is 0.307 e. The van der Waals surface area contributed by atoms with Gasteiger partial charge in [-0.15, -0.1) is 0 Å². The molecule has 0 fully saturated rings. The van der Waals surface area contributed by atoms with Crippen LogP contribution in [0.3, 0.4) is 0 Å². The molecule has 25 heavy (non-hydrogen) atoms.